The molecule has 0 amide bonds. The van der Waals surface area contributed by atoms with Gasteiger partial charge in [-0.15, -0.1) is 0 Å². The minimum atomic E-state index is 0.532. The summed E-state index contributed by atoms with van der Waals surface area (Å²) < 4.78 is 0. The van der Waals surface area contributed by atoms with E-state index in [1.807, 2.05) is 13.2 Å². The molecule has 1 fully saturated rings. The number of rotatable bonds is 4. The van der Waals surface area contributed by atoms with Crippen LogP contribution in [0.2, 0.25) is 0 Å². The summed E-state index contributed by atoms with van der Waals surface area (Å²) in [4.78, 5) is 11.2. The molecule has 0 spiro atoms. The Balaban J connectivity index is 2.35. The number of nitrogens with zero attached hydrogens (tertiary/aromatic N) is 3. The summed E-state index contributed by atoms with van der Waals surface area (Å²) >= 11 is 0. The van der Waals surface area contributed by atoms with Crippen molar-refractivity contribution in [2.45, 2.75) is 52.0 Å². The molecule has 1 N–H and O–H groups in total. The second-order valence-corrected chi connectivity index (χ2v) is 5.35. The average Bonchev–Trinajstić information content (AvgIpc) is 2.42. The lowest BCUT2D eigenvalue weighted by atomic mass is 9.93. The zero-order valence-corrected chi connectivity index (χ0v) is 12.2. The quantitative estimate of drug-likeness (QED) is 0.899. The van der Waals surface area contributed by atoms with Crippen LogP contribution in [0.4, 0.5) is 11.8 Å². The van der Waals surface area contributed by atoms with Gasteiger partial charge in [-0.25, -0.2) is 4.98 Å². The lowest BCUT2D eigenvalue weighted by Crippen LogP contribution is -2.36. The Morgan fingerprint density at radius 2 is 2.05 bits per heavy atom. The van der Waals surface area contributed by atoms with Gasteiger partial charge in [-0.3, -0.25) is 0 Å². The predicted molar refractivity (Wildman–Crippen MR) is 80.5 cm³/mol. The van der Waals surface area contributed by atoms with Crippen LogP contribution < -0.4 is 10.2 Å². The maximum Gasteiger partial charge on any atom is 0.224 e. The van der Waals surface area contributed by atoms with E-state index in [0.29, 0.717) is 12.0 Å². The van der Waals surface area contributed by atoms with Crippen molar-refractivity contribution in [1.29, 1.82) is 0 Å². The summed E-state index contributed by atoms with van der Waals surface area (Å²) in [5, 5.41) is 3.01. The Morgan fingerprint density at radius 1 is 1.37 bits per heavy atom. The van der Waals surface area contributed by atoms with Crippen molar-refractivity contribution < 1.29 is 0 Å². The van der Waals surface area contributed by atoms with E-state index in [1.165, 1.54) is 32.1 Å². The lowest BCUT2D eigenvalue weighted by Gasteiger charge is -2.36. The van der Waals surface area contributed by atoms with Gasteiger partial charge in [-0.05, 0) is 26.7 Å². The van der Waals surface area contributed by atoms with Crippen LogP contribution in [0.5, 0.6) is 0 Å². The van der Waals surface area contributed by atoms with Gasteiger partial charge in [-0.1, -0.05) is 25.8 Å². The van der Waals surface area contributed by atoms with Gasteiger partial charge >= 0.3 is 0 Å². The summed E-state index contributed by atoms with van der Waals surface area (Å²) in [7, 11) is 1.85. The average molecular weight is 260 g/mol. The third-order valence-corrected chi connectivity index (χ3v) is 3.75. The van der Waals surface area contributed by atoms with Crippen LogP contribution in [0.25, 0.3) is 0 Å². The van der Waals surface area contributed by atoms with E-state index in [2.05, 4.69) is 40.6 Å². The Hall–Kier alpha value is -1.58. The maximum atomic E-state index is 4.63. The normalized spacial score (nSPS) is 16.2. The monoisotopic (exact) mass is 260 g/mol. The summed E-state index contributed by atoms with van der Waals surface area (Å²) in [6.07, 6.45) is 8.29. The van der Waals surface area contributed by atoms with E-state index < -0.39 is 0 Å². The summed E-state index contributed by atoms with van der Waals surface area (Å²) in [5.74, 6) is 1.67. The van der Waals surface area contributed by atoms with Crippen molar-refractivity contribution in [2.75, 3.05) is 17.3 Å². The smallest absolute Gasteiger partial charge is 0.224 e. The molecule has 1 saturated carbocycles. The molecule has 0 unspecified atom stereocenters. The van der Waals surface area contributed by atoms with E-state index in [-0.39, 0.29) is 0 Å². The molecule has 2 rings (SSSR count). The number of nitrogens with one attached hydrogen (secondary N) is 1. The Morgan fingerprint density at radius 3 is 2.63 bits per heavy atom. The van der Waals surface area contributed by atoms with E-state index in [4.69, 9.17) is 0 Å². The minimum absolute atomic E-state index is 0.532. The topological polar surface area (TPSA) is 41.1 Å². The Bertz CT molecular complexity index is 449. The lowest BCUT2D eigenvalue weighted by molar-refractivity contribution is 0.427. The van der Waals surface area contributed by atoms with Gasteiger partial charge in [0, 0.05) is 30.5 Å². The Labute approximate surface area is 115 Å². The van der Waals surface area contributed by atoms with Gasteiger partial charge < -0.3 is 10.2 Å². The van der Waals surface area contributed by atoms with Gasteiger partial charge in [0.25, 0.3) is 0 Å². The van der Waals surface area contributed by atoms with Crippen LogP contribution in [-0.2, 0) is 0 Å². The second-order valence-electron chi connectivity index (χ2n) is 5.35. The van der Waals surface area contributed by atoms with E-state index in [0.717, 1.165) is 17.1 Å². The molecular weight excluding hydrogens is 236 g/mol. The number of hydrogen-bond acceptors (Lipinski definition) is 4. The molecule has 4 nitrogen and oxygen atoms in total. The standard InChI is InChI=1S/C15H24N4/c1-11(2)19(13-8-6-5-7-9-13)14-12(3)10-17-15(16-4)18-14/h10,13H,1,5-9H2,2-4H3,(H,16,17,18). The molecule has 0 aromatic carbocycles. The van der Waals surface area contributed by atoms with Crippen LogP contribution >= 0.6 is 0 Å². The molecule has 4 heteroatoms. The predicted octanol–water partition coefficient (Wildman–Crippen LogP) is 3.50. The highest BCUT2D eigenvalue weighted by atomic mass is 15.3. The van der Waals surface area contributed by atoms with Gasteiger partial charge in [0.15, 0.2) is 0 Å². The zero-order valence-electron chi connectivity index (χ0n) is 12.2. The zero-order chi connectivity index (χ0) is 13.8. The van der Waals surface area contributed by atoms with Crippen molar-refractivity contribution >= 4 is 11.8 Å². The summed E-state index contributed by atoms with van der Waals surface area (Å²) in [6.45, 7) is 8.28. The van der Waals surface area contributed by atoms with E-state index in [9.17, 15) is 0 Å². The SMILES string of the molecule is C=C(C)N(c1nc(NC)ncc1C)C1CCCCC1. The Kier molecular flexibility index (Phi) is 4.40. The largest absolute Gasteiger partial charge is 0.357 e. The van der Waals surface area contributed by atoms with Gasteiger partial charge in [0.2, 0.25) is 5.95 Å². The molecule has 1 aromatic rings. The highest BCUT2D eigenvalue weighted by Gasteiger charge is 2.24. The first kappa shape index (κ1) is 13.8. The molecule has 0 aliphatic heterocycles. The number of aryl methyl sites for hydroxylation is 1. The fourth-order valence-electron chi connectivity index (χ4n) is 2.80. The molecule has 1 aromatic heterocycles. The summed E-state index contributed by atoms with van der Waals surface area (Å²) in [5.41, 5.74) is 2.17. The highest BCUT2D eigenvalue weighted by molar-refractivity contribution is 5.54. The number of allylic oxidation sites excluding steroid dienone is 1. The van der Waals surface area contributed by atoms with Crippen molar-refractivity contribution in [3.63, 3.8) is 0 Å². The number of anilines is 2. The fourth-order valence-corrected chi connectivity index (χ4v) is 2.80. The molecule has 104 valence electrons. The number of aromatic nitrogens is 2. The molecule has 1 aliphatic carbocycles. The number of hydrogen-bond donors (Lipinski definition) is 1. The maximum absolute atomic E-state index is 4.63. The molecular formula is C15H24N4. The molecule has 19 heavy (non-hydrogen) atoms. The van der Waals surface area contributed by atoms with Gasteiger partial charge in [0.1, 0.15) is 5.82 Å². The van der Waals surface area contributed by atoms with Gasteiger partial charge in [-0.2, -0.15) is 4.98 Å². The molecule has 1 heterocycles. The van der Waals surface area contributed by atoms with E-state index >= 15 is 0 Å². The molecule has 0 saturated heterocycles. The highest BCUT2D eigenvalue weighted by Crippen LogP contribution is 2.30. The second kappa shape index (κ2) is 6.04. The van der Waals surface area contributed by atoms with Crippen LogP contribution in [0.15, 0.2) is 18.5 Å². The van der Waals surface area contributed by atoms with Crippen LogP contribution in [-0.4, -0.2) is 23.1 Å². The van der Waals surface area contributed by atoms with Crippen molar-refractivity contribution in [3.05, 3.63) is 24.0 Å². The first-order valence-corrected chi connectivity index (χ1v) is 7.09. The first-order valence-electron chi connectivity index (χ1n) is 7.09. The van der Waals surface area contributed by atoms with E-state index in [1.54, 1.807) is 0 Å². The summed E-state index contributed by atoms with van der Waals surface area (Å²) in [6, 6.07) is 0.532. The van der Waals surface area contributed by atoms with Crippen molar-refractivity contribution in [1.82, 2.24) is 9.97 Å². The van der Waals surface area contributed by atoms with Crippen LogP contribution in [0.3, 0.4) is 0 Å². The molecule has 1 aliphatic rings. The van der Waals surface area contributed by atoms with Crippen molar-refractivity contribution in [3.8, 4) is 0 Å². The third kappa shape index (κ3) is 3.06. The van der Waals surface area contributed by atoms with Crippen LogP contribution in [0.1, 0.15) is 44.6 Å². The molecule has 0 bridgehead atoms. The van der Waals surface area contributed by atoms with Gasteiger partial charge in [0.05, 0.1) is 0 Å². The minimum Gasteiger partial charge on any atom is -0.357 e. The third-order valence-electron chi connectivity index (χ3n) is 3.75. The first-order chi connectivity index (χ1) is 9.13. The molecule has 0 radical (unpaired) electrons. The molecule has 0 atom stereocenters. The fraction of sp³-hybridized carbons (Fsp3) is 0.600. The van der Waals surface area contributed by atoms with Crippen molar-refractivity contribution in [2.24, 2.45) is 0 Å². The van der Waals surface area contributed by atoms with Crippen LogP contribution in [0, 0.1) is 6.92 Å².